The van der Waals surface area contributed by atoms with Crippen LogP contribution in [0, 0.1) is 12.3 Å². The van der Waals surface area contributed by atoms with Crippen LogP contribution in [0.4, 0.5) is 0 Å². The molecular formula is C13H18N2O3S. The highest BCUT2D eigenvalue weighted by Crippen LogP contribution is 2.52. The van der Waals surface area contributed by atoms with Crippen molar-refractivity contribution in [3.05, 3.63) is 11.3 Å². The Morgan fingerprint density at radius 1 is 1.58 bits per heavy atom. The number of ether oxygens (including phenoxy) is 1. The lowest BCUT2D eigenvalue weighted by Crippen LogP contribution is -2.13. The van der Waals surface area contributed by atoms with Gasteiger partial charge in [-0.05, 0) is 25.2 Å². The number of aromatic nitrogens is 2. The first-order chi connectivity index (χ1) is 9.01. The van der Waals surface area contributed by atoms with Gasteiger partial charge in [0, 0.05) is 12.8 Å². The van der Waals surface area contributed by atoms with Gasteiger partial charge >= 0.3 is 5.97 Å². The number of rotatable bonds is 6. The molecule has 5 nitrogen and oxygen atoms in total. The molecule has 0 aliphatic heterocycles. The van der Waals surface area contributed by atoms with E-state index in [1.165, 1.54) is 7.11 Å². The molecule has 0 N–H and O–H groups in total. The van der Waals surface area contributed by atoms with Gasteiger partial charge < -0.3 is 4.74 Å². The van der Waals surface area contributed by atoms with Crippen molar-refractivity contribution < 1.29 is 14.3 Å². The molecule has 2 rings (SSSR count). The van der Waals surface area contributed by atoms with Gasteiger partial charge in [-0.3, -0.25) is 14.3 Å². The minimum Gasteiger partial charge on any atom is -0.469 e. The largest absolute Gasteiger partial charge is 0.469 e. The van der Waals surface area contributed by atoms with Gasteiger partial charge in [-0.2, -0.15) is 5.10 Å². The van der Waals surface area contributed by atoms with Crippen molar-refractivity contribution in [2.75, 3.05) is 12.9 Å². The molecule has 0 radical (unpaired) electrons. The van der Waals surface area contributed by atoms with E-state index in [0.717, 1.165) is 35.6 Å². The van der Waals surface area contributed by atoms with Crippen LogP contribution in [-0.2, 0) is 16.6 Å². The first kappa shape index (κ1) is 14.1. The molecule has 0 atom stereocenters. The van der Waals surface area contributed by atoms with E-state index >= 15 is 0 Å². The summed E-state index contributed by atoms with van der Waals surface area (Å²) in [5.74, 6) is 0.664. The lowest BCUT2D eigenvalue weighted by atomic mass is 10.1. The van der Waals surface area contributed by atoms with Crippen molar-refractivity contribution >= 4 is 24.0 Å². The lowest BCUT2D eigenvalue weighted by Gasteiger charge is -2.13. The maximum Gasteiger partial charge on any atom is 0.306 e. The van der Waals surface area contributed by atoms with E-state index < -0.39 is 0 Å². The van der Waals surface area contributed by atoms with Gasteiger partial charge in [-0.1, -0.05) is 0 Å². The first-order valence-corrected chi connectivity index (χ1v) is 7.18. The average Bonchev–Trinajstić information content (AvgIpc) is 3.07. The Morgan fingerprint density at radius 3 is 2.79 bits per heavy atom. The fourth-order valence-electron chi connectivity index (χ4n) is 2.11. The van der Waals surface area contributed by atoms with Crippen LogP contribution < -0.4 is 0 Å². The number of esters is 1. The molecule has 0 aromatic carbocycles. The van der Waals surface area contributed by atoms with Crippen LogP contribution in [-0.4, -0.2) is 34.9 Å². The summed E-state index contributed by atoms with van der Waals surface area (Å²) in [5.41, 5.74) is 1.45. The fourth-order valence-corrected chi connectivity index (χ4v) is 3.52. The highest BCUT2D eigenvalue weighted by atomic mass is 32.2. The van der Waals surface area contributed by atoms with Gasteiger partial charge in [0.1, 0.15) is 5.03 Å². The first-order valence-electron chi connectivity index (χ1n) is 6.20. The molecule has 0 spiro atoms. The molecule has 1 heterocycles. The van der Waals surface area contributed by atoms with Crippen molar-refractivity contribution in [1.82, 2.24) is 9.78 Å². The Bertz CT molecular complexity index is 506. The SMILES string of the molecule is COC(=O)CC1(CSc2c(C=O)c(C)nn2C)CC1. The van der Waals surface area contributed by atoms with Gasteiger partial charge in [0.15, 0.2) is 6.29 Å². The Morgan fingerprint density at radius 2 is 2.26 bits per heavy atom. The van der Waals surface area contributed by atoms with Crippen molar-refractivity contribution in [3.63, 3.8) is 0 Å². The van der Waals surface area contributed by atoms with Gasteiger partial charge in [0.2, 0.25) is 0 Å². The van der Waals surface area contributed by atoms with Crippen LogP contribution in [0.1, 0.15) is 35.3 Å². The van der Waals surface area contributed by atoms with Gasteiger partial charge in [0.05, 0.1) is 24.8 Å². The summed E-state index contributed by atoms with van der Waals surface area (Å²) in [6.07, 6.45) is 3.40. The predicted molar refractivity (Wildman–Crippen MR) is 72.4 cm³/mol. The normalized spacial score (nSPS) is 16.2. The Labute approximate surface area is 116 Å². The number of carbonyl (C=O) groups is 2. The second kappa shape index (κ2) is 5.36. The number of methoxy groups -OCH3 is 1. The summed E-state index contributed by atoms with van der Waals surface area (Å²) in [6, 6.07) is 0. The highest BCUT2D eigenvalue weighted by molar-refractivity contribution is 7.99. The number of aryl methyl sites for hydroxylation is 2. The molecular weight excluding hydrogens is 264 g/mol. The van der Waals surface area contributed by atoms with Crippen molar-refractivity contribution in [1.29, 1.82) is 0 Å². The Kier molecular flexibility index (Phi) is 3.99. The standard InChI is InChI=1S/C13H18N2O3S/c1-9-10(7-16)12(15(2)14-9)19-8-13(4-5-13)6-11(17)18-3/h7H,4-6,8H2,1-3H3. The quantitative estimate of drug-likeness (QED) is 0.453. The van der Waals surface area contributed by atoms with Gasteiger partial charge in [0.25, 0.3) is 0 Å². The molecule has 0 bridgehead atoms. The maximum absolute atomic E-state index is 11.4. The second-order valence-electron chi connectivity index (χ2n) is 5.09. The number of aldehydes is 1. The number of carbonyl (C=O) groups excluding carboxylic acids is 2. The highest BCUT2D eigenvalue weighted by Gasteiger charge is 2.44. The smallest absolute Gasteiger partial charge is 0.306 e. The van der Waals surface area contributed by atoms with Crippen LogP contribution in [0.15, 0.2) is 5.03 Å². The molecule has 1 fully saturated rings. The molecule has 1 aliphatic rings. The molecule has 0 amide bonds. The van der Waals surface area contributed by atoms with E-state index in [1.807, 2.05) is 14.0 Å². The van der Waals surface area contributed by atoms with E-state index in [2.05, 4.69) is 5.10 Å². The van der Waals surface area contributed by atoms with E-state index in [9.17, 15) is 9.59 Å². The summed E-state index contributed by atoms with van der Waals surface area (Å²) < 4.78 is 6.46. The number of hydrogen-bond donors (Lipinski definition) is 0. The van der Waals surface area contributed by atoms with Gasteiger partial charge in [-0.15, -0.1) is 11.8 Å². The molecule has 19 heavy (non-hydrogen) atoms. The number of thioether (sulfide) groups is 1. The molecule has 1 aliphatic carbocycles. The second-order valence-corrected chi connectivity index (χ2v) is 6.05. The predicted octanol–water partition coefficient (Wildman–Crippen LogP) is 1.98. The third-order valence-electron chi connectivity index (χ3n) is 3.55. The maximum atomic E-state index is 11.4. The minimum absolute atomic E-state index is 0.0517. The molecule has 1 aromatic rings. The summed E-state index contributed by atoms with van der Waals surface area (Å²) in [6.45, 7) is 1.83. The molecule has 1 aromatic heterocycles. The average molecular weight is 282 g/mol. The summed E-state index contributed by atoms with van der Waals surface area (Å²) >= 11 is 1.60. The summed E-state index contributed by atoms with van der Waals surface area (Å²) in [4.78, 5) is 22.5. The van der Waals surface area contributed by atoms with Crippen molar-refractivity contribution in [2.24, 2.45) is 12.5 Å². The lowest BCUT2D eigenvalue weighted by molar-refractivity contribution is -0.141. The number of nitrogens with zero attached hydrogens (tertiary/aromatic N) is 2. The topological polar surface area (TPSA) is 61.2 Å². The fraction of sp³-hybridized carbons (Fsp3) is 0.615. The zero-order chi connectivity index (χ0) is 14.0. The van der Waals surface area contributed by atoms with Crippen LogP contribution >= 0.6 is 11.8 Å². The van der Waals surface area contributed by atoms with Gasteiger partial charge in [-0.25, -0.2) is 0 Å². The van der Waals surface area contributed by atoms with Crippen molar-refractivity contribution in [3.8, 4) is 0 Å². The van der Waals surface area contributed by atoms with E-state index in [4.69, 9.17) is 4.74 Å². The molecule has 0 unspecified atom stereocenters. The minimum atomic E-state index is -0.158. The third kappa shape index (κ3) is 3.00. The summed E-state index contributed by atoms with van der Waals surface area (Å²) in [7, 11) is 3.25. The van der Waals surface area contributed by atoms with E-state index in [-0.39, 0.29) is 11.4 Å². The van der Waals surface area contributed by atoms with E-state index in [1.54, 1.807) is 16.4 Å². The molecule has 6 heteroatoms. The number of hydrogen-bond acceptors (Lipinski definition) is 5. The van der Waals surface area contributed by atoms with Crippen LogP contribution in [0.3, 0.4) is 0 Å². The molecule has 0 saturated heterocycles. The zero-order valence-corrected chi connectivity index (χ0v) is 12.2. The van der Waals surface area contributed by atoms with Crippen LogP contribution in [0.2, 0.25) is 0 Å². The molecule has 104 valence electrons. The third-order valence-corrected chi connectivity index (χ3v) is 5.07. The zero-order valence-electron chi connectivity index (χ0n) is 11.4. The molecule has 1 saturated carbocycles. The van der Waals surface area contributed by atoms with Crippen LogP contribution in [0.25, 0.3) is 0 Å². The Hall–Kier alpha value is -1.30. The van der Waals surface area contributed by atoms with E-state index in [0.29, 0.717) is 12.0 Å². The monoisotopic (exact) mass is 282 g/mol. The van der Waals surface area contributed by atoms with Crippen molar-refractivity contribution in [2.45, 2.75) is 31.2 Å². The van der Waals surface area contributed by atoms with Crippen LogP contribution in [0.5, 0.6) is 0 Å². The summed E-state index contributed by atoms with van der Waals surface area (Å²) in [5, 5.41) is 5.13. The Balaban J connectivity index is 2.03.